The van der Waals surface area contributed by atoms with Crippen molar-refractivity contribution in [3.63, 3.8) is 0 Å². The van der Waals surface area contributed by atoms with Crippen LogP contribution < -0.4 is 5.32 Å². The monoisotopic (exact) mass is 351 g/mol. The van der Waals surface area contributed by atoms with E-state index in [4.69, 9.17) is 0 Å². The number of hydrogen-bond acceptors (Lipinski definition) is 6. The third kappa shape index (κ3) is 2.91. The van der Waals surface area contributed by atoms with Crippen molar-refractivity contribution in [2.75, 3.05) is 5.32 Å². The molecule has 0 radical (unpaired) electrons. The van der Waals surface area contributed by atoms with Gasteiger partial charge in [-0.2, -0.15) is 0 Å². The van der Waals surface area contributed by atoms with Crippen molar-refractivity contribution >= 4 is 11.8 Å². The number of carboxylic acids is 1. The van der Waals surface area contributed by atoms with Crippen LogP contribution in [0, 0.1) is 0 Å². The Labute approximate surface area is 149 Å². The normalized spacial score (nSPS) is 18.5. The summed E-state index contributed by atoms with van der Waals surface area (Å²) in [5.74, 6) is -0.765. The number of carboxylic acid groups (broad SMARTS) is 1. The van der Waals surface area contributed by atoms with Gasteiger partial charge in [-0.3, -0.25) is 0 Å². The summed E-state index contributed by atoms with van der Waals surface area (Å²) >= 11 is 0. The smallest absolute Gasteiger partial charge is 0.339 e. The first-order valence-corrected chi connectivity index (χ1v) is 8.22. The standard InChI is InChI=1S/C18H17N5O3/c24-16-13-5-2-1-4-11(13)8-15(16)23-10-12(21-22-23)9-20-17-14(18(25)26)6-3-7-19-17/h1-7,10,15-16,24H,8-9H2,(H,19,20)(H,25,26)/t15?,16-/m0/s1. The number of fused-ring (bicyclic) bond motifs is 1. The Balaban J connectivity index is 1.47. The number of nitrogens with one attached hydrogen (secondary N) is 1. The van der Waals surface area contributed by atoms with Crippen LogP contribution in [0.15, 0.2) is 48.8 Å². The second-order valence-corrected chi connectivity index (χ2v) is 6.16. The van der Waals surface area contributed by atoms with Gasteiger partial charge in [-0.05, 0) is 29.7 Å². The van der Waals surface area contributed by atoms with Crippen molar-refractivity contribution in [2.45, 2.75) is 25.1 Å². The molecule has 26 heavy (non-hydrogen) atoms. The highest BCUT2D eigenvalue weighted by Gasteiger charge is 2.32. The lowest BCUT2D eigenvalue weighted by atomic mass is 10.1. The summed E-state index contributed by atoms with van der Waals surface area (Å²) in [5.41, 5.74) is 2.77. The Morgan fingerprint density at radius 3 is 2.92 bits per heavy atom. The van der Waals surface area contributed by atoms with Gasteiger partial charge in [0.1, 0.15) is 23.2 Å². The number of hydrogen-bond donors (Lipinski definition) is 3. The van der Waals surface area contributed by atoms with E-state index in [1.54, 1.807) is 16.9 Å². The molecule has 1 aromatic carbocycles. The van der Waals surface area contributed by atoms with E-state index in [-0.39, 0.29) is 24.0 Å². The van der Waals surface area contributed by atoms with Crippen molar-refractivity contribution in [2.24, 2.45) is 0 Å². The number of benzene rings is 1. The van der Waals surface area contributed by atoms with Crippen molar-refractivity contribution < 1.29 is 15.0 Å². The molecular formula is C18H17N5O3. The molecule has 3 aromatic rings. The van der Waals surface area contributed by atoms with E-state index in [1.165, 1.54) is 12.3 Å². The first-order valence-electron chi connectivity index (χ1n) is 8.22. The molecule has 2 atom stereocenters. The zero-order valence-electron chi connectivity index (χ0n) is 13.8. The van der Waals surface area contributed by atoms with E-state index in [1.807, 2.05) is 24.3 Å². The highest BCUT2D eigenvalue weighted by atomic mass is 16.4. The Hall–Kier alpha value is -3.26. The minimum absolute atomic E-state index is 0.0987. The molecule has 0 aliphatic heterocycles. The van der Waals surface area contributed by atoms with Gasteiger partial charge >= 0.3 is 5.97 Å². The topological polar surface area (TPSA) is 113 Å². The maximum absolute atomic E-state index is 11.2. The van der Waals surface area contributed by atoms with Crippen LogP contribution in [0.4, 0.5) is 5.82 Å². The molecule has 132 valence electrons. The highest BCUT2D eigenvalue weighted by Crippen LogP contribution is 2.38. The van der Waals surface area contributed by atoms with Gasteiger partial charge in [-0.1, -0.05) is 29.5 Å². The Morgan fingerprint density at radius 2 is 2.12 bits per heavy atom. The Morgan fingerprint density at radius 1 is 1.27 bits per heavy atom. The minimum Gasteiger partial charge on any atom is -0.478 e. The molecule has 8 heteroatoms. The van der Waals surface area contributed by atoms with Crippen LogP contribution >= 0.6 is 0 Å². The summed E-state index contributed by atoms with van der Waals surface area (Å²) in [7, 11) is 0. The summed E-state index contributed by atoms with van der Waals surface area (Å²) in [6.07, 6.45) is 3.35. The molecule has 0 fully saturated rings. The van der Waals surface area contributed by atoms with Gasteiger partial charge in [-0.25, -0.2) is 14.5 Å². The second-order valence-electron chi connectivity index (χ2n) is 6.16. The van der Waals surface area contributed by atoms with E-state index in [9.17, 15) is 15.0 Å². The molecule has 1 unspecified atom stereocenters. The fourth-order valence-corrected chi connectivity index (χ4v) is 3.24. The SMILES string of the molecule is O=C(O)c1cccnc1NCc1cn(C2Cc3ccccc3[C@@H]2O)nn1. The number of carbonyl (C=O) groups is 1. The van der Waals surface area contributed by atoms with Gasteiger partial charge in [0.25, 0.3) is 0 Å². The lowest BCUT2D eigenvalue weighted by Gasteiger charge is -2.14. The molecule has 1 aliphatic rings. The van der Waals surface area contributed by atoms with Gasteiger partial charge in [0.05, 0.1) is 18.8 Å². The first kappa shape index (κ1) is 16.2. The van der Waals surface area contributed by atoms with E-state index in [0.717, 1.165) is 11.1 Å². The number of aliphatic hydroxyl groups is 1. The molecule has 3 N–H and O–H groups in total. The maximum atomic E-state index is 11.2. The average Bonchev–Trinajstić information content (AvgIpc) is 3.25. The molecule has 0 saturated carbocycles. The van der Waals surface area contributed by atoms with Crippen molar-refractivity contribution in [1.29, 1.82) is 0 Å². The predicted molar refractivity (Wildman–Crippen MR) is 92.7 cm³/mol. The van der Waals surface area contributed by atoms with E-state index in [2.05, 4.69) is 20.6 Å². The third-order valence-electron chi connectivity index (χ3n) is 4.54. The predicted octanol–water partition coefficient (Wildman–Crippen LogP) is 1.81. The van der Waals surface area contributed by atoms with Crippen LogP contribution in [0.1, 0.15) is 39.3 Å². The molecule has 0 saturated heterocycles. The van der Waals surface area contributed by atoms with Crippen LogP contribution in [0.3, 0.4) is 0 Å². The first-order chi connectivity index (χ1) is 12.6. The number of anilines is 1. The molecule has 2 aromatic heterocycles. The van der Waals surface area contributed by atoms with Crippen molar-refractivity contribution in [3.05, 3.63) is 71.2 Å². The largest absolute Gasteiger partial charge is 0.478 e. The lowest BCUT2D eigenvalue weighted by molar-refractivity contribution is 0.0697. The lowest BCUT2D eigenvalue weighted by Crippen LogP contribution is -2.14. The number of aromatic carboxylic acids is 1. The number of nitrogens with zero attached hydrogens (tertiary/aromatic N) is 4. The summed E-state index contributed by atoms with van der Waals surface area (Å²) in [4.78, 5) is 15.3. The molecule has 4 rings (SSSR count). The van der Waals surface area contributed by atoms with Gasteiger partial charge in [0.2, 0.25) is 0 Å². The zero-order valence-corrected chi connectivity index (χ0v) is 13.8. The molecule has 0 bridgehead atoms. The van der Waals surface area contributed by atoms with Crippen molar-refractivity contribution in [3.8, 4) is 0 Å². The Kier molecular flexibility index (Phi) is 4.10. The fraction of sp³-hybridized carbons (Fsp3) is 0.222. The van der Waals surface area contributed by atoms with Gasteiger partial charge in [-0.15, -0.1) is 5.10 Å². The molecular weight excluding hydrogens is 334 g/mol. The summed E-state index contributed by atoms with van der Waals surface area (Å²) in [5, 5.41) is 30.9. The van der Waals surface area contributed by atoms with Crippen LogP contribution in [-0.4, -0.2) is 36.2 Å². The van der Waals surface area contributed by atoms with Gasteiger partial charge < -0.3 is 15.5 Å². The molecule has 2 heterocycles. The number of aliphatic hydroxyl groups excluding tert-OH is 1. The maximum Gasteiger partial charge on any atom is 0.339 e. The second kappa shape index (κ2) is 6.57. The Bertz CT molecular complexity index is 955. The molecule has 0 spiro atoms. The van der Waals surface area contributed by atoms with E-state index in [0.29, 0.717) is 12.1 Å². The number of pyridine rings is 1. The van der Waals surface area contributed by atoms with Gasteiger partial charge in [0.15, 0.2) is 0 Å². The zero-order chi connectivity index (χ0) is 18.1. The van der Waals surface area contributed by atoms with Crippen LogP contribution in [0.25, 0.3) is 0 Å². The van der Waals surface area contributed by atoms with Crippen LogP contribution in [-0.2, 0) is 13.0 Å². The van der Waals surface area contributed by atoms with Gasteiger partial charge in [0, 0.05) is 6.20 Å². The quantitative estimate of drug-likeness (QED) is 0.642. The molecule has 0 amide bonds. The third-order valence-corrected chi connectivity index (χ3v) is 4.54. The van der Waals surface area contributed by atoms with E-state index >= 15 is 0 Å². The highest BCUT2D eigenvalue weighted by molar-refractivity contribution is 5.92. The minimum atomic E-state index is -1.05. The number of rotatable bonds is 5. The molecule has 1 aliphatic carbocycles. The average molecular weight is 351 g/mol. The van der Waals surface area contributed by atoms with Crippen LogP contribution in [0.5, 0.6) is 0 Å². The number of aromatic nitrogens is 4. The molecule has 8 nitrogen and oxygen atoms in total. The van der Waals surface area contributed by atoms with Crippen LogP contribution in [0.2, 0.25) is 0 Å². The fourth-order valence-electron chi connectivity index (χ4n) is 3.24. The summed E-state index contributed by atoms with van der Waals surface area (Å²) in [6.45, 7) is 0.285. The van der Waals surface area contributed by atoms with Crippen molar-refractivity contribution in [1.82, 2.24) is 20.0 Å². The van der Waals surface area contributed by atoms with E-state index < -0.39 is 12.1 Å². The summed E-state index contributed by atoms with van der Waals surface area (Å²) in [6, 6.07) is 10.7. The summed E-state index contributed by atoms with van der Waals surface area (Å²) < 4.78 is 1.66.